The van der Waals surface area contributed by atoms with Gasteiger partial charge in [0.15, 0.2) is 5.71 Å². The maximum absolute atomic E-state index is 17.0. The van der Waals surface area contributed by atoms with E-state index in [9.17, 15) is 19.5 Å². The molecule has 6 aromatic carbocycles. The molecule has 440 valence electrons. The number of hydrogen-bond acceptors (Lipinski definition) is 8. The number of pyridine rings is 1. The normalized spacial score (nSPS) is 14.1. The number of carboxylic acid groups (broad SMARTS) is 1. The minimum atomic E-state index is -3.12. The van der Waals surface area contributed by atoms with Crippen molar-refractivity contribution in [3.05, 3.63) is 184 Å². The Balaban J connectivity index is 0.815. The molecule has 0 spiro atoms. The van der Waals surface area contributed by atoms with E-state index in [2.05, 4.69) is 69.5 Å². The number of aromatic nitrogens is 4. The van der Waals surface area contributed by atoms with Crippen molar-refractivity contribution in [3.8, 4) is 22.5 Å². The first-order valence-electron chi connectivity index (χ1n) is 29.3. The zero-order chi connectivity index (χ0) is 61.1. The molecule has 2 aliphatic heterocycles. The number of nitrogens with zero attached hydrogens (tertiary/aromatic N) is 9. The van der Waals surface area contributed by atoms with Crippen molar-refractivity contribution >= 4 is 86.9 Å². The smallest absolute Gasteiger partial charge is 0.336 e. The summed E-state index contributed by atoms with van der Waals surface area (Å²) in [5.74, 6) is -4.89. The van der Waals surface area contributed by atoms with Gasteiger partial charge in [-0.25, -0.2) is 22.8 Å². The Morgan fingerprint density at radius 2 is 1.38 bits per heavy atom. The summed E-state index contributed by atoms with van der Waals surface area (Å²) in [6.07, 6.45) is 7.39. The highest BCUT2D eigenvalue weighted by Crippen LogP contribution is 2.46. The van der Waals surface area contributed by atoms with Crippen molar-refractivity contribution in [2.45, 2.75) is 64.2 Å². The van der Waals surface area contributed by atoms with Crippen LogP contribution in [0.5, 0.6) is 0 Å². The van der Waals surface area contributed by atoms with Crippen molar-refractivity contribution < 1.29 is 37.4 Å². The van der Waals surface area contributed by atoms with Gasteiger partial charge in [-0.2, -0.15) is 4.57 Å². The number of carbonyl (C=O) groups is 3. The molecule has 2 aromatic heterocycles. The van der Waals surface area contributed by atoms with Gasteiger partial charge in [-0.05, 0) is 118 Å². The third-order valence-electron chi connectivity index (χ3n) is 17.4. The number of fused-ring (bicyclic) bond motifs is 9. The lowest BCUT2D eigenvalue weighted by atomic mass is 9.86. The molecular formula is C69H74F2N10O4Si+2. The van der Waals surface area contributed by atoms with Crippen LogP contribution in [0.4, 0.5) is 31.5 Å². The number of hydrogen-bond donors (Lipinski definition) is 2. The lowest BCUT2D eigenvalue weighted by molar-refractivity contribution is -0.617. The van der Waals surface area contributed by atoms with Gasteiger partial charge in [-0.15, -0.1) is 5.10 Å². The molecule has 11 rings (SSSR count). The molecule has 0 radical (unpaired) electrons. The van der Waals surface area contributed by atoms with Gasteiger partial charge in [0, 0.05) is 132 Å². The number of rotatable bonds is 16. The number of unbranched alkanes of at least 4 members (excludes halogenated alkanes) is 2. The first-order chi connectivity index (χ1) is 41.0. The summed E-state index contributed by atoms with van der Waals surface area (Å²) in [6, 6.07) is 37.9. The molecule has 14 nitrogen and oxygen atoms in total. The van der Waals surface area contributed by atoms with Crippen LogP contribution in [0.3, 0.4) is 0 Å². The van der Waals surface area contributed by atoms with Crippen molar-refractivity contribution in [1.82, 2.24) is 20.3 Å². The summed E-state index contributed by atoms with van der Waals surface area (Å²) in [6.45, 7) is 5.33. The number of aryl methyl sites for hydroxylation is 2. The first-order valence-corrected chi connectivity index (χ1v) is 32.3. The fourth-order valence-electron chi connectivity index (χ4n) is 12.6. The Morgan fingerprint density at radius 1 is 0.744 bits per heavy atom. The number of allylic oxidation sites excluding steroid dienone is 5. The Bertz CT molecular complexity index is 4160. The molecule has 0 saturated carbocycles. The van der Waals surface area contributed by atoms with Gasteiger partial charge in [0.1, 0.15) is 34.9 Å². The summed E-state index contributed by atoms with van der Waals surface area (Å²) in [5.41, 5.74) is 13.4. The van der Waals surface area contributed by atoms with Gasteiger partial charge in [0.05, 0.1) is 34.3 Å². The minimum absolute atomic E-state index is 0.0104. The molecule has 0 saturated heterocycles. The van der Waals surface area contributed by atoms with Gasteiger partial charge in [-0.1, -0.05) is 73.3 Å². The van der Waals surface area contributed by atoms with E-state index in [1.807, 2.05) is 167 Å². The zero-order valence-electron chi connectivity index (χ0n) is 50.9. The summed E-state index contributed by atoms with van der Waals surface area (Å²) < 4.78 is 39.9. The van der Waals surface area contributed by atoms with Gasteiger partial charge in [-0.3, -0.25) is 9.59 Å². The second-order valence-corrected chi connectivity index (χ2v) is 28.5. The Kier molecular flexibility index (Phi) is 15.7. The van der Waals surface area contributed by atoms with Gasteiger partial charge in [0.25, 0.3) is 11.8 Å². The molecule has 0 fully saturated rings. The monoisotopic (exact) mass is 1170 g/mol. The molecule has 1 aliphatic carbocycles. The van der Waals surface area contributed by atoms with Crippen LogP contribution in [0, 0.1) is 0 Å². The number of halogens is 2. The highest BCUT2D eigenvalue weighted by molar-refractivity contribution is 6.98. The van der Waals surface area contributed by atoms with E-state index >= 15 is 8.78 Å². The van der Waals surface area contributed by atoms with E-state index in [0.717, 1.165) is 67.3 Å². The van der Waals surface area contributed by atoms with Crippen LogP contribution in [0.2, 0.25) is 13.1 Å². The third-order valence-corrected chi connectivity index (χ3v) is 20.9. The number of benzene rings is 6. The molecular weight excluding hydrogens is 1100 g/mol. The van der Waals surface area contributed by atoms with Crippen LogP contribution in [-0.4, -0.2) is 119 Å². The standard InChI is InChI=1S/C69H72F2N10O4Si/c1-75(2)45-24-29-51-58(38-45)79(9)59-39-46(76(3)4)25-30-52(59)64(51)69(70,71)34-17-12-18-36-81-66-49-20-14-13-19-44(49)42-80(57-22-16-15-21-53(57)65(66)73-74-81)62(82)33-35-72-67(83)43-23-28-50(68(84)85)56(37-43)63-54-31-26-47(77(5)6)40-60(54)86(10,11)61-41-48(78(7)8)27-32-55(61)63/h13-16,19-32,37-41H,12,17-18,33-36,42H2,1-11H3/p+2. The Morgan fingerprint density at radius 3 is 2.05 bits per heavy atom. The Labute approximate surface area is 502 Å². The van der Waals surface area contributed by atoms with Gasteiger partial charge < -0.3 is 30.0 Å². The molecule has 0 unspecified atom stereocenters. The topological polar surface area (TPSA) is 134 Å². The van der Waals surface area contributed by atoms with Crippen molar-refractivity contribution in [1.29, 1.82) is 0 Å². The second-order valence-electron chi connectivity index (χ2n) is 24.1. The van der Waals surface area contributed by atoms with Crippen LogP contribution in [0.1, 0.15) is 75.1 Å². The predicted octanol–water partition coefficient (Wildman–Crippen LogP) is 11.1. The number of nitrogens with one attached hydrogen (secondary N) is 1. The molecule has 0 bridgehead atoms. The predicted molar refractivity (Wildman–Crippen MR) is 344 cm³/mol. The zero-order valence-corrected chi connectivity index (χ0v) is 51.9. The van der Waals surface area contributed by atoms with Gasteiger partial charge in [0.2, 0.25) is 16.9 Å². The number of amides is 2. The molecule has 8 aromatic rings. The van der Waals surface area contributed by atoms with E-state index in [1.165, 1.54) is 22.5 Å². The number of anilines is 4. The van der Waals surface area contributed by atoms with Crippen LogP contribution in [0.25, 0.3) is 49.9 Å². The molecule has 86 heavy (non-hydrogen) atoms. The first kappa shape index (κ1) is 58.7. The van der Waals surface area contributed by atoms with Crippen molar-refractivity contribution in [2.75, 3.05) is 82.5 Å². The number of para-hydroxylation sites is 1. The average Bonchev–Trinajstić information content (AvgIpc) is 0.858. The molecule has 0 atom stereocenters. The number of carbonyl (C=O) groups excluding carboxylic acids is 2. The maximum Gasteiger partial charge on any atom is 0.336 e. The highest BCUT2D eigenvalue weighted by atomic mass is 28.3. The van der Waals surface area contributed by atoms with Crippen LogP contribution in [-0.2, 0) is 30.9 Å². The van der Waals surface area contributed by atoms with E-state index in [0.29, 0.717) is 52.7 Å². The van der Waals surface area contributed by atoms with Crippen LogP contribution >= 0.6 is 0 Å². The fraction of sp³-hybridized carbons (Fsp3) is 0.290. The number of aromatic carboxylic acids is 1. The van der Waals surface area contributed by atoms with Gasteiger partial charge >= 0.3 is 5.97 Å². The average molecular weight is 1170 g/mol. The van der Waals surface area contributed by atoms with Crippen molar-refractivity contribution in [2.24, 2.45) is 7.05 Å². The number of alkyl halides is 2. The molecule has 2 amide bonds. The summed E-state index contributed by atoms with van der Waals surface area (Å²) in [5, 5.41) is 26.5. The van der Waals surface area contributed by atoms with Crippen LogP contribution in [0.15, 0.2) is 150 Å². The van der Waals surface area contributed by atoms with E-state index < -0.39 is 25.9 Å². The SMILES string of the molecule is CN(C)c1ccc2c(c1)[Si](C)(C)C1=CC(=[N+](C)C)C=CC1=C2c1cc(C(=O)NCCC(=O)N2Cc3ccccc3-c3c(nnn3CCCCCC(F)(F)c3c4ccc(N(C)C)cc4[n+](C)c4cc(N(C)C)ccc34)-c3ccccc32)ccc1C(=O)O. The maximum atomic E-state index is 17.0. The molecule has 17 heteroatoms. The summed E-state index contributed by atoms with van der Waals surface area (Å²) in [4.78, 5) is 49.8. The highest BCUT2D eigenvalue weighted by Gasteiger charge is 2.42. The summed E-state index contributed by atoms with van der Waals surface area (Å²) in [7, 11) is 15.4. The third kappa shape index (κ3) is 10.7. The van der Waals surface area contributed by atoms with Crippen LogP contribution < -0.4 is 34.7 Å². The van der Waals surface area contributed by atoms with Crippen molar-refractivity contribution in [3.63, 3.8) is 0 Å². The fourth-order valence-corrected chi connectivity index (χ4v) is 15.7. The Hall–Kier alpha value is -9.09. The number of carboxylic acids is 1. The second kappa shape index (κ2) is 23.1. The molecule has 4 heterocycles. The van der Waals surface area contributed by atoms with E-state index in [4.69, 9.17) is 5.10 Å². The quantitative estimate of drug-likeness (QED) is 0.0420. The minimum Gasteiger partial charge on any atom is -0.478 e. The lowest BCUT2D eigenvalue weighted by Gasteiger charge is -2.38. The molecule has 2 N–H and O–H groups in total. The van der Waals surface area contributed by atoms with E-state index in [-0.39, 0.29) is 54.9 Å². The van der Waals surface area contributed by atoms with E-state index in [1.54, 1.807) is 11.0 Å². The summed E-state index contributed by atoms with van der Waals surface area (Å²) >= 11 is 0. The largest absolute Gasteiger partial charge is 0.478 e. The lowest BCUT2D eigenvalue weighted by Crippen LogP contribution is -2.49. The molecule has 3 aliphatic rings.